The van der Waals surface area contributed by atoms with E-state index in [1.54, 1.807) is 19.1 Å². The molecule has 6 heteroatoms. The van der Waals surface area contributed by atoms with E-state index in [2.05, 4.69) is 10.3 Å². The Morgan fingerprint density at radius 3 is 2.82 bits per heavy atom. The van der Waals surface area contributed by atoms with E-state index in [1.165, 1.54) is 12.6 Å². The fourth-order valence-electron chi connectivity index (χ4n) is 2.59. The van der Waals surface area contributed by atoms with Crippen LogP contribution in [0.25, 0.3) is 0 Å². The van der Waals surface area contributed by atoms with Crippen molar-refractivity contribution in [2.75, 3.05) is 0 Å². The summed E-state index contributed by atoms with van der Waals surface area (Å²) in [5.74, 6) is -0.807. The SMILES string of the molecule is CC(CC(=O)O)NC(=O)c1ccnc(OC2CCCCC2)c1. The third kappa shape index (κ3) is 5.02. The van der Waals surface area contributed by atoms with Gasteiger partial charge >= 0.3 is 5.97 Å². The molecule has 0 bridgehead atoms. The maximum atomic E-state index is 12.1. The number of hydrogen-bond acceptors (Lipinski definition) is 4. The molecule has 0 spiro atoms. The largest absolute Gasteiger partial charge is 0.481 e. The molecule has 2 N–H and O–H groups in total. The predicted molar refractivity (Wildman–Crippen MR) is 80.9 cm³/mol. The van der Waals surface area contributed by atoms with Crippen molar-refractivity contribution in [1.29, 1.82) is 0 Å². The van der Waals surface area contributed by atoms with Crippen LogP contribution in [0.3, 0.4) is 0 Å². The van der Waals surface area contributed by atoms with Crippen LogP contribution in [-0.4, -0.2) is 34.1 Å². The van der Waals surface area contributed by atoms with Gasteiger partial charge in [-0.2, -0.15) is 0 Å². The number of hydrogen-bond donors (Lipinski definition) is 2. The van der Waals surface area contributed by atoms with Crippen molar-refractivity contribution in [3.8, 4) is 5.88 Å². The summed E-state index contributed by atoms with van der Waals surface area (Å²) in [5, 5.41) is 11.4. The van der Waals surface area contributed by atoms with Crippen LogP contribution in [0, 0.1) is 0 Å². The van der Waals surface area contributed by atoms with Gasteiger partial charge in [-0.3, -0.25) is 9.59 Å². The highest BCUT2D eigenvalue weighted by molar-refractivity contribution is 5.94. The van der Waals surface area contributed by atoms with Gasteiger partial charge in [0.25, 0.3) is 5.91 Å². The highest BCUT2D eigenvalue weighted by Gasteiger charge is 2.17. The minimum atomic E-state index is -0.941. The van der Waals surface area contributed by atoms with Crippen LogP contribution in [0.5, 0.6) is 5.88 Å². The lowest BCUT2D eigenvalue weighted by molar-refractivity contribution is -0.137. The standard InChI is InChI=1S/C16H22N2O4/c1-11(9-15(19)20)18-16(21)12-7-8-17-14(10-12)22-13-5-3-2-4-6-13/h7-8,10-11,13H,2-6,9H2,1H3,(H,18,21)(H,19,20). The Labute approximate surface area is 129 Å². The molecule has 1 saturated carbocycles. The van der Waals surface area contributed by atoms with Crippen molar-refractivity contribution in [2.24, 2.45) is 0 Å². The van der Waals surface area contributed by atoms with Crippen molar-refractivity contribution >= 4 is 11.9 Å². The van der Waals surface area contributed by atoms with E-state index in [0.29, 0.717) is 11.4 Å². The van der Waals surface area contributed by atoms with Crippen LogP contribution in [0.4, 0.5) is 0 Å². The van der Waals surface area contributed by atoms with Crippen molar-refractivity contribution < 1.29 is 19.4 Å². The van der Waals surface area contributed by atoms with E-state index in [9.17, 15) is 9.59 Å². The molecule has 6 nitrogen and oxygen atoms in total. The van der Waals surface area contributed by atoms with E-state index in [1.807, 2.05) is 0 Å². The molecular weight excluding hydrogens is 284 g/mol. The van der Waals surface area contributed by atoms with Gasteiger partial charge in [-0.15, -0.1) is 0 Å². The maximum Gasteiger partial charge on any atom is 0.305 e. The first kappa shape index (κ1) is 16.3. The Bertz CT molecular complexity index is 527. The summed E-state index contributed by atoms with van der Waals surface area (Å²) in [6.07, 6.45) is 7.22. The molecule has 1 aliphatic rings. The number of carboxylic acids is 1. The van der Waals surface area contributed by atoms with Gasteiger partial charge in [0.2, 0.25) is 5.88 Å². The predicted octanol–water partition coefficient (Wildman–Crippen LogP) is 2.39. The average Bonchev–Trinajstić information content (AvgIpc) is 2.47. The third-order valence-corrected chi connectivity index (χ3v) is 3.69. The van der Waals surface area contributed by atoms with Crippen molar-refractivity contribution in [3.05, 3.63) is 23.9 Å². The van der Waals surface area contributed by atoms with E-state index in [-0.39, 0.29) is 18.4 Å². The van der Waals surface area contributed by atoms with E-state index in [0.717, 1.165) is 25.7 Å². The summed E-state index contributed by atoms with van der Waals surface area (Å²) in [4.78, 5) is 26.9. The molecule has 1 aromatic rings. The summed E-state index contributed by atoms with van der Waals surface area (Å²) in [6, 6.07) is 2.77. The summed E-state index contributed by atoms with van der Waals surface area (Å²) in [5.41, 5.74) is 0.429. The third-order valence-electron chi connectivity index (χ3n) is 3.69. The van der Waals surface area contributed by atoms with E-state index < -0.39 is 12.0 Å². The minimum absolute atomic E-state index is 0.109. The zero-order valence-corrected chi connectivity index (χ0v) is 12.7. The van der Waals surface area contributed by atoms with Crippen LogP contribution >= 0.6 is 0 Å². The molecule has 1 aromatic heterocycles. The van der Waals surface area contributed by atoms with Gasteiger partial charge in [0.05, 0.1) is 6.42 Å². The van der Waals surface area contributed by atoms with Gasteiger partial charge in [0, 0.05) is 23.9 Å². The zero-order valence-electron chi connectivity index (χ0n) is 12.7. The lowest BCUT2D eigenvalue weighted by atomic mass is 9.98. The number of ether oxygens (including phenoxy) is 1. The monoisotopic (exact) mass is 306 g/mol. The Hall–Kier alpha value is -2.11. The van der Waals surface area contributed by atoms with Gasteiger partial charge in [-0.1, -0.05) is 6.42 Å². The molecule has 1 aliphatic carbocycles. The molecule has 1 unspecified atom stereocenters. The van der Waals surface area contributed by atoms with Crippen LogP contribution < -0.4 is 10.1 Å². The van der Waals surface area contributed by atoms with Crippen LogP contribution in [0.2, 0.25) is 0 Å². The summed E-state index contributed by atoms with van der Waals surface area (Å²) in [7, 11) is 0. The molecule has 2 rings (SSSR count). The Kier molecular flexibility index (Phi) is 5.75. The second-order valence-electron chi connectivity index (χ2n) is 5.73. The van der Waals surface area contributed by atoms with Gasteiger partial charge in [0.1, 0.15) is 6.10 Å². The molecule has 120 valence electrons. The first-order valence-corrected chi connectivity index (χ1v) is 7.70. The highest BCUT2D eigenvalue weighted by Crippen LogP contribution is 2.22. The number of aliphatic carboxylic acids is 1. The zero-order chi connectivity index (χ0) is 15.9. The quantitative estimate of drug-likeness (QED) is 0.842. The molecule has 0 aliphatic heterocycles. The molecule has 1 fully saturated rings. The molecule has 22 heavy (non-hydrogen) atoms. The Morgan fingerprint density at radius 2 is 2.14 bits per heavy atom. The van der Waals surface area contributed by atoms with Crippen LogP contribution in [-0.2, 0) is 4.79 Å². The molecule has 0 radical (unpaired) electrons. The van der Waals surface area contributed by atoms with E-state index in [4.69, 9.17) is 9.84 Å². The molecule has 0 aromatic carbocycles. The van der Waals surface area contributed by atoms with Crippen molar-refractivity contribution in [1.82, 2.24) is 10.3 Å². The summed E-state index contributed by atoms with van der Waals surface area (Å²) >= 11 is 0. The fourth-order valence-corrected chi connectivity index (χ4v) is 2.59. The van der Waals surface area contributed by atoms with Crippen LogP contribution in [0.1, 0.15) is 55.8 Å². The Balaban J connectivity index is 1.94. The number of pyridine rings is 1. The molecule has 1 atom stereocenters. The van der Waals surface area contributed by atoms with Gasteiger partial charge in [-0.05, 0) is 38.7 Å². The second kappa shape index (κ2) is 7.77. The lowest BCUT2D eigenvalue weighted by Crippen LogP contribution is -2.34. The Morgan fingerprint density at radius 1 is 1.41 bits per heavy atom. The number of rotatable bonds is 6. The van der Waals surface area contributed by atoms with Gasteiger partial charge in [-0.25, -0.2) is 4.98 Å². The highest BCUT2D eigenvalue weighted by atomic mass is 16.5. The number of carbonyl (C=O) groups is 2. The fraction of sp³-hybridized carbons (Fsp3) is 0.562. The van der Waals surface area contributed by atoms with Crippen molar-refractivity contribution in [3.63, 3.8) is 0 Å². The molecule has 1 amide bonds. The number of carbonyl (C=O) groups excluding carboxylic acids is 1. The number of nitrogens with zero attached hydrogens (tertiary/aromatic N) is 1. The maximum absolute atomic E-state index is 12.1. The molecule has 0 saturated heterocycles. The smallest absolute Gasteiger partial charge is 0.305 e. The number of carboxylic acid groups (broad SMARTS) is 1. The second-order valence-corrected chi connectivity index (χ2v) is 5.73. The average molecular weight is 306 g/mol. The van der Waals surface area contributed by atoms with Gasteiger partial charge < -0.3 is 15.2 Å². The number of amides is 1. The van der Waals surface area contributed by atoms with Gasteiger partial charge in [0.15, 0.2) is 0 Å². The van der Waals surface area contributed by atoms with E-state index >= 15 is 0 Å². The normalized spacial score (nSPS) is 16.8. The number of aromatic nitrogens is 1. The lowest BCUT2D eigenvalue weighted by Gasteiger charge is -2.22. The van der Waals surface area contributed by atoms with Crippen molar-refractivity contribution in [2.45, 2.75) is 57.6 Å². The molecular formula is C16H22N2O4. The first-order chi connectivity index (χ1) is 10.5. The minimum Gasteiger partial charge on any atom is -0.481 e. The first-order valence-electron chi connectivity index (χ1n) is 7.70. The number of nitrogens with one attached hydrogen (secondary N) is 1. The molecule has 1 heterocycles. The summed E-state index contributed by atoms with van der Waals surface area (Å²) in [6.45, 7) is 1.66. The summed E-state index contributed by atoms with van der Waals surface area (Å²) < 4.78 is 5.83. The topological polar surface area (TPSA) is 88.5 Å². The van der Waals surface area contributed by atoms with Crippen LogP contribution in [0.15, 0.2) is 18.3 Å².